The summed E-state index contributed by atoms with van der Waals surface area (Å²) in [4.78, 5) is 28.1. The van der Waals surface area contributed by atoms with Gasteiger partial charge in [0.05, 0.1) is 17.2 Å². The second-order valence-electron chi connectivity index (χ2n) is 5.74. The maximum absolute atomic E-state index is 11.8. The standard InChI is InChI=1S/C19H19N3O2S2/c1-13-22-17(12-26-13)15-4-2-14(3-5-15)6-8-20-18(23)10-21-19(24)16-7-9-25-11-16/h2-5,7,9,11-12H,6,8,10H2,1H3,(H,20,23)(H,21,24). The van der Waals surface area contributed by atoms with Crippen LogP contribution >= 0.6 is 22.7 Å². The first-order valence-electron chi connectivity index (χ1n) is 8.20. The molecule has 0 atom stereocenters. The number of nitrogens with zero attached hydrogens (tertiary/aromatic N) is 1. The van der Waals surface area contributed by atoms with E-state index in [0.29, 0.717) is 12.1 Å². The number of thiazole rings is 1. The zero-order valence-corrected chi connectivity index (χ0v) is 16.0. The smallest absolute Gasteiger partial charge is 0.252 e. The zero-order chi connectivity index (χ0) is 18.4. The van der Waals surface area contributed by atoms with Crippen molar-refractivity contribution in [2.75, 3.05) is 13.1 Å². The Labute approximate surface area is 160 Å². The highest BCUT2D eigenvalue weighted by molar-refractivity contribution is 7.09. The molecule has 7 heteroatoms. The van der Waals surface area contributed by atoms with Crippen molar-refractivity contribution in [2.24, 2.45) is 0 Å². The molecule has 0 bridgehead atoms. The summed E-state index contributed by atoms with van der Waals surface area (Å²) in [7, 11) is 0. The van der Waals surface area contributed by atoms with E-state index in [-0.39, 0.29) is 18.4 Å². The minimum atomic E-state index is -0.228. The van der Waals surface area contributed by atoms with Gasteiger partial charge < -0.3 is 10.6 Å². The van der Waals surface area contributed by atoms with Gasteiger partial charge in [-0.2, -0.15) is 11.3 Å². The fourth-order valence-electron chi connectivity index (χ4n) is 2.40. The predicted molar refractivity (Wildman–Crippen MR) is 106 cm³/mol. The second kappa shape index (κ2) is 8.73. The van der Waals surface area contributed by atoms with Crippen LogP contribution in [0.3, 0.4) is 0 Å². The van der Waals surface area contributed by atoms with Crippen molar-refractivity contribution in [1.29, 1.82) is 0 Å². The molecule has 3 aromatic rings. The minimum absolute atomic E-state index is 0.0171. The molecule has 1 aromatic carbocycles. The maximum atomic E-state index is 11.8. The van der Waals surface area contributed by atoms with E-state index < -0.39 is 0 Å². The molecule has 0 unspecified atom stereocenters. The van der Waals surface area contributed by atoms with Gasteiger partial charge >= 0.3 is 0 Å². The van der Waals surface area contributed by atoms with Gasteiger partial charge in [-0.25, -0.2) is 4.98 Å². The van der Waals surface area contributed by atoms with Crippen LogP contribution in [-0.2, 0) is 11.2 Å². The van der Waals surface area contributed by atoms with Gasteiger partial charge in [-0.1, -0.05) is 24.3 Å². The molecule has 5 nitrogen and oxygen atoms in total. The van der Waals surface area contributed by atoms with Crippen LogP contribution in [-0.4, -0.2) is 29.9 Å². The van der Waals surface area contributed by atoms with Gasteiger partial charge in [0.15, 0.2) is 0 Å². The monoisotopic (exact) mass is 385 g/mol. The van der Waals surface area contributed by atoms with Crippen LogP contribution in [0.5, 0.6) is 0 Å². The van der Waals surface area contributed by atoms with Crippen molar-refractivity contribution >= 4 is 34.5 Å². The summed E-state index contributed by atoms with van der Waals surface area (Å²) in [5.74, 6) is -0.419. The first-order valence-corrected chi connectivity index (χ1v) is 10.0. The van der Waals surface area contributed by atoms with E-state index in [0.717, 1.165) is 28.2 Å². The van der Waals surface area contributed by atoms with Gasteiger partial charge in [-0.15, -0.1) is 11.3 Å². The van der Waals surface area contributed by atoms with Crippen LogP contribution in [0.2, 0.25) is 0 Å². The first kappa shape index (κ1) is 18.3. The van der Waals surface area contributed by atoms with Crippen LogP contribution in [0.15, 0.2) is 46.5 Å². The summed E-state index contributed by atoms with van der Waals surface area (Å²) in [6.45, 7) is 2.51. The molecule has 0 aliphatic heterocycles. The second-order valence-corrected chi connectivity index (χ2v) is 7.59. The lowest BCUT2D eigenvalue weighted by Crippen LogP contribution is -2.37. The summed E-state index contributed by atoms with van der Waals surface area (Å²) in [6.07, 6.45) is 0.737. The molecule has 0 aliphatic carbocycles. The Hall–Kier alpha value is -2.51. The van der Waals surface area contributed by atoms with Crippen molar-refractivity contribution in [3.63, 3.8) is 0 Å². The number of nitrogens with one attached hydrogen (secondary N) is 2. The highest BCUT2D eigenvalue weighted by Gasteiger charge is 2.08. The highest BCUT2D eigenvalue weighted by atomic mass is 32.1. The Morgan fingerprint density at radius 1 is 1.08 bits per heavy atom. The number of hydrogen-bond donors (Lipinski definition) is 2. The van der Waals surface area contributed by atoms with Crippen LogP contribution < -0.4 is 10.6 Å². The van der Waals surface area contributed by atoms with E-state index in [9.17, 15) is 9.59 Å². The van der Waals surface area contributed by atoms with Gasteiger partial charge in [-0.05, 0) is 30.4 Å². The number of carbonyl (C=O) groups is 2. The molecule has 2 amide bonds. The van der Waals surface area contributed by atoms with Crippen molar-refractivity contribution in [3.05, 3.63) is 62.6 Å². The number of aryl methyl sites for hydroxylation is 1. The SMILES string of the molecule is Cc1nc(-c2ccc(CCNC(=O)CNC(=O)c3ccsc3)cc2)cs1. The molecule has 2 aromatic heterocycles. The van der Waals surface area contributed by atoms with Crippen molar-refractivity contribution in [1.82, 2.24) is 15.6 Å². The van der Waals surface area contributed by atoms with Crippen LogP contribution in [0, 0.1) is 6.92 Å². The fourth-order valence-corrected chi connectivity index (χ4v) is 3.66. The predicted octanol–water partition coefficient (Wildman–Crippen LogP) is 3.27. The third-order valence-corrected chi connectivity index (χ3v) is 5.25. The molecule has 0 spiro atoms. The van der Waals surface area contributed by atoms with Gasteiger partial charge in [0, 0.05) is 28.4 Å². The molecule has 0 aliphatic rings. The minimum Gasteiger partial charge on any atom is -0.354 e. The zero-order valence-electron chi connectivity index (χ0n) is 14.3. The van der Waals surface area contributed by atoms with E-state index in [4.69, 9.17) is 0 Å². The Morgan fingerprint density at radius 2 is 1.88 bits per heavy atom. The molecule has 0 saturated heterocycles. The molecule has 2 heterocycles. The summed E-state index contributed by atoms with van der Waals surface area (Å²) in [5, 5.41) is 12.1. The Balaban J connectivity index is 1.40. The molecule has 0 fully saturated rings. The third kappa shape index (κ3) is 5.00. The highest BCUT2D eigenvalue weighted by Crippen LogP contribution is 2.21. The summed E-state index contributed by atoms with van der Waals surface area (Å²) < 4.78 is 0. The number of hydrogen-bond acceptors (Lipinski definition) is 5. The molecular formula is C19H19N3O2S2. The van der Waals surface area contributed by atoms with E-state index in [1.54, 1.807) is 22.8 Å². The maximum Gasteiger partial charge on any atom is 0.252 e. The average molecular weight is 386 g/mol. The van der Waals surface area contributed by atoms with E-state index in [2.05, 4.69) is 33.1 Å². The number of thiophene rings is 1. The topological polar surface area (TPSA) is 71.1 Å². The van der Waals surface area contributed by atoms with Crippen LogP contribution in [0.1, 0.15) is 20.9 Å². The van der Waals surface area contributed by atoms with Crippen molar-refractivity contribution in [2.45, 2.75) is 13.3 Å². The molecule has 2 N–H and O–H groups in total. The lowest BCUT2D eigenvalue weighted by molar-refractivity contribution is -0.120. The van der Waals surface area contributed by atoms with Crippen molar-refractivity contribution < 1.29 is 9.59 Å². The van der Waals surface area contributed by atoms with E-state index in [1.807, 2.05) is 24.4 Å². The Morgan fingerprint density at radius 3 is 2.54 bits per heavy atom. The van der Waals surface area contributed by atoms with Crippen LogP contribution in [0.25, 0.3) is 11.3 Å². The summed E-state index contributed by atoms with van der Waals surface area (Å²) in [6, 6.07) is 9.93. The summed E-state index contributed by atoms with van der Waals surface area (Å²) >= 11 is 3.09. The largest absolute Gasteiger partial charge is 0.354 e. The van der Waals surface area contributed by atoms with Gasteiger partial charge in [0.1, 0.15) is 0 Å². The van der Waals surface area contributed by atoms with E-state index in [1.165, 1.54) is 11.3 Å². The molecule has 3 rings (SSSR count). The van der Waals surface area contributed by atoms with Crippen LogP contribution in [0.4, 0.5) is 0 Å². The molecule has 0 radical (unpaired) electrons. The Bertz CT molecular complexity index is 871. The number of amides is 2. The molecule has 134 valence electrons. The normalized spacial score (nSPS) is 10.5. The lowest BCUT2D eigenvalue weighted by atomic mass is 10.1. The summed E-state index contributed by atoms with van der Waals surface area (Å²) in [5.41, 5.74) is 3.81. The molecule has 0 saturated carbocycles. The fraction of sp³-hybridized carbons (Fsp3) is 0.211. The molecular weight excluding hydrogens is 366 g/mol. The number of aromatic nitrogens is 1. The lowest BCUT2D eigenvalue weighted by Gasteiger charge is -2.07. The quantitative estimate of drug-likeness (QED) is 0.656. The van der Waals surface area contributed by atoms with Gasteiger partial charge in [0.2, 0.25) is 5.91 Å². The first-order chi connectivity index (χ1) is 12.6. The molecule has 26 heavy (non-hydrogen) atoms. The van der Waals surface area contributed by atoms with Gasteiger partial charge in [0.25, 0.3) is 5.91 Å². The number of carbonyl (C=O) groups excluding carboxylic acids is 2. The average Bonchev–Trinajstić information content (AvgIpc) is 3.32. The van der Waals surface area contributed by atoms with Gasteiger partial charge in [-0.3, -0.25) is 9.59 Å². The third-order valence-electron chi connectivity index (χ3n) is 3.80. The van der Waals surface area contributed by atoms with E-state index >= 15 is 0 Å². The number of benzene rings is 1. The van der Waals surface area contributed by atoms with Crippen molar-refractivity contribution in [3.8, 4) is 11.3 Å². The number of rotatable bonds is 7. The Kier molecular flexibility index (Phi) is 6.14.